The molecule has 26 heavy (non-hydrogen) atoms. The molecule has 7 heteroatoms. The van der Waals surface area contributed by atoms with E-state index in [9.17, 15) is 9.59 Å². The van der Waals surface area contributed by atoms with E-state index >= 15 is 0 Å². The van der Waals surface area contributed by atoms with Crippen LogP contribution in [0, 0.1) is 6.92 Å². The summed E-state index contributed by atoms with van der Waals surface area (Å²) >= 11 is 0. The van der Waals surface area contributed by atoms with Gasteiger partial charge in [0.1, 0.15) is 23.0 Å². The van der Waals surface area contributed by atoms with E-state index in [2.05, 4.69) is 5.32 Å². The van der Waals surface area contributed by atoms with Gasteiger partial charge in [-0.05, 0) is 71.7 Å². The molecule has 1 rings (SSSR count). The summed E-state index contributed by atoms with van der Waals surface area (Å²) in [5, 5.41) is 2.60. The van der Waals surface area contributed by atoms with Crippen LogP contribution in [0.5, 0.6) is 5.75 Å². The van der Waals surface area contributed by atoms with Crippen molar-refractivity contribution in [2.45, 2.75) is 72.1 Å². The number of benzene rings is 1. The molecule has 0 bridgehead atoms. The SMILES string of the molecule is Cc1ccc(ON)cc1C[C@H](NC(=O)OC(C)(C)C)C(=O)OC(C)(C)C. The number of carbonyl (C=O) groups excluding carboxylic acids is 2. The van der Waals surface area contributed by atoms with Crippen molar-refractivity contribution in [2.24, 2.45) is 5.90 Å². The summed E-state index contributed by atoms with van der Waals surface area (Å²) < 4.78 is 10.7. The van der Waals surface area contributed by atoms with Gasteiger partial charge in [-0.15, -0.1) is 0 Å². The molecule has 0 spiro atoms. The van der Waals surface area contributed by atoms with Crippen molar-refractivity contribution in [1.82, 2.24) is 5.32 Å². The molecule has 3 N–H and O–H groups in total. The van der Waals surface area contributed by atoms with E-state index in [1.54, 1.807) is 53.7 Å². The van der Waals surface area contributed by atoms with E-state index in [1.165, 1.54) is 0 Å². The molecule has 0 fully saturated rings. The number of hydrogen-bond donors (Lipinski definition) is 2. The number of hydrogen-bond acceptors (Lipinski definition) is 6. The monoisotopic (exact) mass is 366 g/mol. The van der Waals surface area contributed by atoms with Crippen molar-refractivity contribution in [2.75, 3.05) is 0 Å². The van der Waals surface area contributed by atoms with Crippen LogP contribution >= 0.6 is 0 Å². The van der Waals surface area contributed by atoms with Gasteiger partial charge in [0.15, 0.2) is 0 Å². The van der Waals surface area contributed by atoms with E-state index in [4.69, 9.17) is 20.2 Å². The molecule has 7 nitrogen and oxygen atoms in total. The maximum absolute atomic E-state index is 12.6. The Hall–Kier alpha value is -2.28. The number of amides is 1. The highest BCUT2D eigenvalue weighted by Gasteiger charge is 2.29. The van der Waals surface area contributed by atoms with Gasteiger partial charge < -0.3 is 19.6 Å². The minimum atomic E-state index is -0.907. The second-order valence-electron chi connectivity index (χ2n) is 8.14. The van der Waals surface area contributed by atoms with E-state index in [0.29, 0.717) is 5.75 Å². The highest BCUT2D eigenvalue weighted by molar-refractivity contribution is 5.82. The maximum Gasteiger partial charge on any atom is 0.408 e. The molecule has 1 amide bonds. The largest absolute Gasteiger partial charge is 0.458 e. The average Bonchev–Trinajstić information content (AvgIpc) is 2.44. The Balaban J connectivity index is 3.04. The molecule has 0 aliphatic carbocycles. The zero-order valence-electron chi connectivity index (χ0n) is 16.6. The molecule has 1 aromatic carbocycles. The number of alkyl carbamates (subject to hydrolysis) is 1. The maximum atomic E-state index is 12.6. The van der Waals surface area contributed by atoms with Crippen molar-refractivity contribution in [3.63, 3.8) is 0 Å². The van der Waals surface area contributed by atoms with Crippen LogP contribution in [0.3, 0.4) is 0 Å². The van der Waals surface area contributed by atoms with Gasteiger partial charge in [0.2, 0.25) is 0 Å². The van der Waals surface area contributed by atoms with E-state index < -0.39 is 29.3 Å². The highest BCUT2D eigenvalue weighted by Crippen LogP contribution is 2.20. The van der Waals surface area contributed by atoms with Gasteiger partial charge in [-0.25, -0.2) is 9.59 Å². The number of nitrogens with one attached hydrogen (secondary N) is 1. The first kappa shape index (κ1) is 21.8. The average molecular weight is 366 g/mol. The second-order valence-corrected chi connectivity index (χ2v) is 8.14. The fourth-order valence-electron chi connectivity index (χ4n) is 2.18. The standard InChI is InChI=1S/C19H30N2O5/c1-12-8-9-14(26-20)10-13(12)11-15(16(22)24-18(2,3)4)21-17(23)25-19(5,6)7/h8-10,15H,11,20H2,1-7H3,(H,21,23)/t15-/m0/s1. The molecule has 146 valence electrons. The molecule has 0 aromatic heterocycles. The van der Waals surface area contributed by atoms with Gasteiger partial charge in [-0.2, -0.15) is 5.90 Å². The molecule has 1 atom stereocenters. The lowest BCUT2D eigenvalue weighted by Gasteiger charge is -2.26. The predicted molar refractivity (Wildman–Crippen MR) is 98.7 cm³/mol. The van der Waals surface area contributed by atoms with Crippen LogP contribution in [0.15, 0.2) is 18.2 Å². The van der Waals surface area contributed by atoms with Crippen LogP contribution in [0.25, 0.3) is 0 Å². The third kappa shape index (κ3) is 7.74. The number of ether oxygens (including phenoxy) is 2. The molecule has 0 aliphatic rings. The second kappa shape index (κ2) is 8.40. The lowest BCUT2D eigenvalue weighted by Crippen LogP contribution is -2.47. The highest BCUT2D eigenvalue weighted by atomic mass is 16.6. The fraction of sp³-hybridized carbons (Fsp3) is 0.579. The van der Waals surface area contributed by atoms with Gasteiger partial charge >= 0.3 is 12.1 Å². The lowest BCUT2D eigenvalue weighted by atomic mass is 10.0. The van der Waals surface area contributed by atoms with Crippen molar-refractivity contribution >= 4 is 12.1 Å². The number of aryl methyl sites for hydroxylation is 1. The summed E-state index contributed by atoms with van der Waals surface area (Å²) in [7, 11) is 0. The third-order valence-corrected chi connectivity index (χ3v) is 3.26. The van der Waals surface area contributed by atoms with Gasteiger partial charge in [-0.3, -0.25) is 0 Å². The first-order valence-electron chi connectivity index (χ1n) is 8.49. The zero-order chi connectivity index (χ0) is 20.1. The number of nitrogens with two attached hydrogens (primary N) is 1. The topological polar surface area (TPSA) is 99.9 Å². The van der Waals surface area contributed by atoms with E-state index in [0.717, 1.165) is 11.1 Å². The Morgan fingerprint density at radius 2 is 1.65 bits per heavy atom. The summed E-state index contributed by atoms with van der Waals surface area (Å²) in [5.74, 6) is 5.14. The smallest absolute Gasteiger partial charge is 0.408 e. The van der Waals surface area contributed by atoms with Crippen LogP contribution in [0.2, 0.25) is 0 Å². The van der Waals surface area contributed by atoms with Crippen LogP contribution in [0.4, 0.5) is 4.79 Å². The van der Waals surface area contributed by atoms with Crippen LogP contribution in [-0.2, 0) is 20.7 Å². The summed E-state index contributed by atoms with van der Waals surface area (Å²) in [4.78, 5) is 29.5. The molecule has 0 saturated carbocycles. The van der Waals surface area contributed by atoms with Crippen molar-refractivity contribution < 1.29 is 23.9 Å². The zero-order valence-corrected chi connectivity index (χ0v) is 16.6. The Kier molecular flexibility index (Phi) is 7.03. The van der Waals surface area contributed by atoms with Gasteiger partial charge in [0.25, 0.3) is 0 Å². The molecule has 0 unspecified atom stereocenters. The first-order valence-corrected chi connectivity index (χ1v) is 8.49. The molecule has 0 saturated heterocycles. The Bertz CT molecular complexity index is 644. The number of rotatable bonds is 5. The Morgan fingerprint density at radius 1 is 1.08 bits per heavy atom. The van der Waals surface area contributed by atoms with Gasteiger partial charge in [-0.1, -0.05) is 6.07 Å². The quantitative estimate of drug-likeness (QED) is 0.614. The Labute approximate surface area is 155 Å². The van der Waals surface area contributed by atoms with Gasteiger partial charge in [0, 0.05) is 6.42 Å². The Morgan fingerprint density at radius 3 is 2.15 bits per heavy atom. The lowest BCUT2D eigenvalue weighted by molar-refractivity contribution is -0.157. The predicted octanol–water partition coefficient (Wildman–Crippen LogP) is 3.03. The minimum absolute atomic E-state index is 0.219. The van der Waals surface area contributed by atoms with Crippen LogP contribution < -0.4 is 16.1 Å². The normalized spacial score (nSPS) is 12.9. The molecule has 0 aliphatic heterocycles. The first-order chi connectivity index (χ1) is 11.8. The summed E-state index contributed by atoms with van der Waals surface area (Å²) in [5.41, 5.74) is 0.388. The molecule has 0 heterocycles. The fourth-order valence-corrected chi connectivity index (χ4v) is 2.18. The van der Waals surface area contributed by atoms with Crippen molar-refractivity contribution in [3.05, 3.63) is 29.3 Å². The number of carbonyl (C=O) groups is 2. The number of esters is 1. The minimum Gasteiger partial charge on any atom is -0.458 e. The summed E-state index contributed by atoms with van der Waals surface area (Å²) in [6, 6.07) is 4.37. The van der Waals surface area contributed by atoms with E-state index in [1.807, 2.05) is 13.0 Å². The third-order valence-electron chi connectivity index (χ3n) is 3.26. The summed E-state index contributed by atoms with van der Waals surface area (Å²) in [6.45, 7) is 12.5. The van der Waals surface area contributed by atoms with Crippen LogP contribution in [0.1, 0.15) is 52.7 Å². The van der Waals surface area contributed by atoms with Gasteiger partial charge in [0.05, 0.1) is 0 Å². The van der Waals surface area contributed by atoms with Crippen molar-refractivity contribution in [3.8, 4) is 5.75 Å². The molecule has 0 radical (unpaired) electrons. The molecular formula is C19H30N2O5. The van der Waals surface area contributed by atoms with Crippen LogP contribution in [-0.4, -0.2) is 29.3 Å². The van der Waals surface area contributed by atoms with Crippen molar-refractivity contribution in [1.29, 1.82) is 0 Å². The molecular weight excluding hydrogens is 336 g/mol. The summed E-state index contributed by atoms with van der Waals surface area (Å²) in [6.07, 6.45) is -0.464. The molecule has 1 aromatic rings. The van der Waals surface area contributed by atoms with E-state index in [-0.39, 0.29) is 6.42 Å².